The van der Waals surface area contributed by atoms with Crippen molar-refractivity contribution in [2.75, 3.05) is 18.4 Å². The summed E-state index contributed by atoms with van der Waals surface area (Å²) in [5.74, 6) is -0.820. The van der Waals surface area contributed by atoms with Gasteiger partial charge in [-0.2, -0.15) is 5.10 Å². The van der Waals surface area contributed by atoms with Gasteiger partial charge in [-0.15, -0.1) is 0 Å². The molecule has 0 unspecified atom stereocenters. The number of carbonyl (C=O) groups is 4. The van der Waals surface area contributed by atoms with Crippen molar-refractivity contribution in [1.29, 1.82) is 0 Å². The lowest BCUT2D eigenvalue weighted by molar-refractivity contribution is -0.131. The summed E-state index contributed by atoms with van der Waals surface area (Å²) in [6.07, 6.45) is 3.70. The molecular formula is C19H28N6O4. The lowest BCUT2D eigenvalue weighted by Crippen LogP contribution is -2.44. The lowest BCUT2D eigenvalue weighted by atomic mass is 9.98. The summed E-state index contributed by atoms with van der Waals surface area (Å²) in [5.41, 5.74) is 1.46. The second kappa shape index (κ2) is 8.22. The van der Waals surface area contributed by atoms with Gasteiger partial charge in [0.15, 0.2) is 0 Å². The van der Waals surface area contributed by atoms with Crippen LogP contribution >= 0.6 is 0 Å². The highest BCUT2D eigenvalue weighted by molar-refractivity contribution is 6.07. The summed E-state index contributed by atoms with van der Waals surface area (Å²) in [4.78, 5) is 49.9. The van der Waals surface area contributed by atoms with E-state index in [4.69, 9.17) is 0 Å². The van der Waals surface area contributed by atoms with E-state index in [2.05, 4.69) is 21.0 Å². The number of imide groups is 1. The average Bonchev–Trinajstić information content (AvgIpc) is 3.30. The second-order valence-corrected chi connectivity index (χ2v) is 7.77. The fourth-order valence-corrected chi connectivity index (χ4v) is 4.00. The van der Waals surface area contributed by atoms with Crippen LogP contribution in [0.2, 0.25) is 0 Å². The SMILES string of the molecule is Cc1nn(C)c(C)c1NC(=O)CNC(=O)CCCN1C(=O)NC2(CCCC2)C1=O. The zero-order chi connectivity index (χ0) is 21.2. The first-order valence-electron chi connectivity index (χ1n) is 9.94. The Morgan fingerprint density at radius 2 is 1.86 bits per heavy atom. The fourth-order valence-electron chi connectivity index (χ4n) is 4.00. The van der Waals surface area contributed by atoms with E-state index < -0.39 is 5.54 Å². The van der Waals surface area contributed by atoms with Gasteiger partial charge in [-0.3, -0.25) is 24.0 Å². The van der Waals surface area contributed by atoms with Crippen LogP contribution in [0, 0.1) is 13.8 Å². The maximum absolute atomic E-state index is 12.5. The van der Waals surface area contributed by atoms with Crippen LogP contribution in [0.25, 0.3) is 0 Å². The van der Waals surface area contributed by atoms with Crippen molar-refractivity contribution in [3.8, 4) is 0 Å². The molecule has 2 aliphatic rings. The van der Waals surface area contributed by atoms with Crippen LogP contribution in [0.4, 0.5) is 10.5 Å². The van der Waals surface area contributed by atoms with Gasteiger partial charge in [0.05, 0.1) is 23.6 Å². The monoisotopic (exact) mass is 404 g/mol. The summed E-state index contributed by atoms with van der Waals surface area (Å²) in [5, 5.41) is 12.4. The van der Waals surface area contributed by atoms with Gasteiger partial charge < -0.3 is 16.0 Å². The molecule has 29 heavy (non-hydrogen) atoms. The number of aromatic nitrogens is 2. The van der Waals surface area contributed by atoms with Crippen molar-refractivity contribution in [2.24, 2.45) is 7.05 Å². The molecule has 1 saturated heterocycles. The molecule has 0 bridgehead atoms. The molecule has 10 heteroatoms. The molecule has 0 atom stereocenters. The fraction of sp³-hybridized carbons (Fsp3) is 0.632. The van der Waals surface area contributed by atoms with E-state index in [1.54, 1.807) is 18.7 Å². The van der Waals surface area contributed by atoms with Crippen molar-refractivity contribution in [3.05, 3.63) is 11.4 Å². The lowest BCUT2D eigenvalue weighted by Gasteiger charge is -2.19. The maximum atomic E-state index is 12.5. The van der Waals surface area contributed by atoms with E-state index in [0.29, 0.717) is 30.6 Å². The Morgan fingerprint density at radius 1 is 1.17 bits per heavy atom. The van der Waals surface area contributed by atoms with Gasteiger partial charge in [-0.05, 0) is 33.1 Å². The molecule has 1 aliphatic carbocycles. The molecule has 10 nitrogen and oxygen atoms in total. The Balaban J connectivity index is 1.39. The van der Waals surface area contributed by atoms with Crippen LogP contribution in [0.15, 0.2) is 0 Å². The van der Waals surface area contributed by atoms with Crippen molar-refractivity contribution in [1.82, 2.24) is 25.3 Å². The van der Waals surface area contributed by atoms with Crippen LogP contribution < -0.4 is 16.0 Å². The largest absolute Gasteiger partial charge is 0.347 e. The van der Waals surface area contributed by atoms with Crippen molar-refractivity contribution in [3.63, 3.8) is 0 Å². The Bertz CT molecular complexity index is 840. The van der Waals surface area contributed by atoms with Crippen LogP contribution in [0.3, 0.4) is 0 Å². The smallest absolute Gasteiger partial charge is 0.325 e. The summed E-state index contributed by atoms with van der Waals surface area (Å²) in [6, 6.07) is -0.376. The normalized spacial score (nSPS) is 17.7. The van der Waals surface area contributed by atoms with Crippen LogP contribution in [-0.4, -0.2) is 57.1 Å². The number of carbonyl (C=O) groups excluding carboxylic acids is 4. The molecular weight excluding hydrogens is 376 g/mol. The molecule has 3 N–H and O–H groups in total. The van der Waals surface area contributed by atoms with E-state index in [1.165, 1.54) is 4.90 Å². The molecule has 1 aromatic rings. The van der Waals surface area contributed by atoms with Gasteiger partial charge in [-0.1, -0.05) is 12.8 Å². The predicted molar refractivity (Wildman–Crippen MR) is 105 cm³/mol. The van der Waals surface area contributed by atoms with Crippen LogP contribution in [-0.2, 0) is 21.4 Å². The van der Waals surface area contributed by atoms with Crippen molar-refractivity contribution in [2.45, 2.75) is 57.9 Å². The van der Waals surface area contributed by atoms with E-state index in [-0.39, 0.29) is 43.3 Å². The number of hydrogen-bond donors (Lipinski definition) is 3. The first kappa shape index (κ1) is 20.8. The molecule has 2 fully saturated rings. The van der Waals surface area contributed by atoms with E-state index >= 15 is 0 Å². The Morgan fingerprint density at radius 3 is 2.48 bits per heavy atom. The van der Waals surface area contributed by atoms with Crippen LogP contribution in [0.1, 0.15) is 49.9 Å². The van der Waals surface area contributed by atoms with E-state index in [1.807, 2.05) is 6.92 Å². The van der Waals surface area contributed by atoms with E-state index in [9.17, 15) is 19.2 Å². The summed E-state index contributed by atoms with van der Waals surface area (Å²) in [7, 11) is 1.79. The summed E-state index contributed by atoms with van der Waals surface area (Å²) < 4.78 is 1.68. The Labute approximate surface area is 169 Å². The highest BCUT2D eigenvalue weighted by atomic mass is 16.2. The zero-order valence-electron chi connectivity index (χ0n) is 17.1. The molecule has 3 rings (SSSR count). The molecule has 1 spiro atoms. The first-order valence-corrected chi connectivity index (χ1v) is 9.94. The van der Waals surface area contributed by atoms with Crippen molar-refractivity contribution >= 4 is 29.4 Å². The van der Waals surface area contributed by atoms with Gasteiger partial charge in [0.1, 0.15) is 5.54 Å². The standard InChI is InChI=1S/C19H28N6O4/c1-12-16(13(2)24(3)23-12)21-15(27)11-20-14(26)7-6-10-25-17(28)19(22-18(25)29)8-4-5-9-19/h4-11H2,1-3H3,(H,20,26)(H,21,27)(H,22,29). The number of amides is 5. The first-order chi connectivity index (χ1) is 13.7. The molecule has 1 aromatic heterocycles. The number of rotatable bonds is 7. The number of hydrogen-bond acceptors (Lipinski definition) is 5. The number of nitrogens with one attached hydrogen (secondary N) is 3. The minimum atomic E-state index is -0.722. The van der Waals surface area contributed by atoms with Crippen molar-refractivity contribution < 1.29 is 19.2 Å². The predicted octanol–water partition coefficient (Wildman–Crippen LogP) is 0.736. The minimum Gasteiger partial charge on any atom is -0.347 e. The molecule has 1 aliphatic heterocycles. The number of anilines is 1. The average molecular weight is 404 g/mol. The summed E-state index contributed by atoms with van der Waals surface area (Å²) in [6.45, 7) is 3.69. The maximum Gasteiger partial charge on any atom is 0.325 e. The minimum absolute atomic E-state index is 0.127. The molecule has 0 aromatic carbocycles. The van der Waals surface area contributed by atoms with E-state index in [0.717, 1.165) is 18.5 Å². The molecule has 5 amide bonds. The van der Waals surface area contributed by atoms with Crippen LogP contribution in [0.5, 0.6) is 0 Å². The van der Waals surface area contributed by atoms with Gasteiger partial charge in [-0.25, -0.2) is 4.79 Å². The zero-order valence-corrected chi connectivity index (χ0v) is 17.1. The summed E-state index contributed by atoms with van der Waals surface area (Å²) >= 11 is 0. The molecule has 158 valence electrons. The molecule has 1 saturated carbocycles. The van der Waals surface area contributed by atoms with Gasteiger partial charge in [0.25, 0.3) is 5.91 Å². The van der Waals surface area contributed by atoms with Gasteiger partial charge in [0, 0.05) is 20.0 Å². The third-order valence-corrected chi connectivity index (χ3v) is 5.71. The number of urea groups is 1. The quantitative estimate of drug-likeness (QED) is 0.578. The Hall–Kier alpha value is -2.91. The van der Waals surface area contributed by atoms with Gasteiger partial charge >= 0.3 is 6.03 Å². The third-order valence-electron chi connectivity index (χ3n) is 5.71. The highest BCUT2D eigenvalue weighted by Crippen LogP contribution is 2.35. The Kier molecular flexibility index (Phi) is 5.90. The topological polar surface area (TPSA) is 125 Å². The second-order valence-electron chi connectivity index (χ2n) is 7.77. The molecule has 2 heterocycles. The highest BCUT2D eigenvalue weighted by Gasteiger charge is 2.52. The third kappa shape index (κ3) is 4.25. The molecule has 0 radical (unpaired) electrons. The number of nitrogens with zero attached hydrogens (tertiary/aromatic N) is 3. The number of aryl methyl sites for hydroxylation is 2. The van der Waals surface area contributed by atoms with Gasteiger partial charge in [0.2, 0.25) is 11.8 Å².